The Kier molecular flexibility index (Phi) is 2.03. The molecule has 1 aliphatic heterocycles. The van der Waals surface area contributed by atoms with Gasteiger partial charge in [-0.3, -0.25) is 0 Å². The lowest BCUT2D eigenvalue weighted by atomic mass is 10.1. The van der Waals surface area contributed by atoms with Gasteiger partial charge in [-0.2, -0.15) is 0 Å². The Hall–Kier alpha value is -1.80. The monoisotopic (exact) mass is 238 g/mol. The summed E-state index contributed by atoms with van der Waals surface area (Å²) < 4.78 is 12.2. The number of hydrogen-bond donors (Lipinski definition) is 0. The molecule has 1 aliphatic carbocycles. The second-order valence-electron chi connectivity index (χ2n) is 4.91. The van der Waals surface area contributed by atoms with Crippen LogP contribution in [0.2, 0.25) is 0 Å². The molecule has 0 bridgehead atoms. The van der Waals surface area contributed by atoms with E-state index >= 15 is 0 Å². The van der Waals surface area contributed by atoms with Crippen LogP contribution in [0, 0.1) is 0 Å². The van der Waals surface area contributed by atoms with Crippen LogP contribution in [0.1, 0.15) is 23.1 Å². The topological polar surface area (TPSA) is 18.5 Å². The van der Waals surface area contributed by atoms with Gasteiger partial charge in [0.2, 0.25) is 5.79 Å². The quantitative estimate of drug-likeness (QED) is 0.700. The van der Waals surface area contributed by atoms with Crippen LogP contribution in [0.4, 0.5) is 0 Å². The van der Waals surface area contributed by atoms with Crippen molar-refractivity contribution in [3.8, 4) is 5.75 Å². The highest BCUT2D eigenvalue weighted by atomic mass is 16.7. The minimum atomic E-state index is -0.551. The van der Waals surface area contributed by atoms with Gasteiger partial charge in [0.15, 0.2) is 0 Å². The molecule has 18 heavy (non-hydrogen) atoms. The fourth-order valence-corrected chi connectivity index (χ4v) is 2.92. The van der Waals surface area contributed by atoms with E-state index < -0.39 is 5.79 Å². The third kappa shape index (κ3) is 1.33. The molecule has 2 nitrogen and oxygen atoms in total. The van der Waals surface area contributed by atoms with E-state index in [1.165, 1.54) is 11.1 Å². The van der Waals surface area contributed by atoms with E-state index in [1.807, 2.05) is 18.2 Å². The minimum absolute atomic E-state index is 0.551. The summed E-state index contributed by atoms with van der Waals surface area (Å²) in [6.45, 7) is 0.629. The van der Waals surface area contributed by atoms with E-state index in [-0.39, 0.29) is 0 Å². The standard InChI is InChI=1S/C16H14O2/c1-3-7-14-12(5-1)9-10-16(14)17-11-13-6-2-4-8-15(13)18-16/h1-8H,9-11H2. The molecule has 0 saturated heterocycles. The first-order valence-electron chi connectivity index (χ1n) is 6.37. The van der Waals surface area contributed by atoms with Crippen LogP contribution in [-0.4, -0.2) is 0 Å². The van der Waals surface area contributed by atoms with Crippen molar-refractivity contribution < 1.29 is 9.47 Å². The zero-order valence-electron chi connectivity index (χ0n) is 10.1. The molecule has 0 radical (unpaired) electrons. The second kappa shape index (κ2) is 3.59. The molecule has 1 spiro atoms. The maximum absolute atomic E-state index is 6.18. The smallest absolute Gasteiger partial charge is 0.238 e. The van der Waals surface area contributed by atoms with Crippen LogP contribution in [0.5, 0.6) is 5.75 Å². The third-order valence-corrected chi connectivity index (χ3v) is 3.86. The molecule has 1 unspecified atom stereocenters. The Morgan fingerprint density at radius 2 is 1.67 bits per heavy atom. The summed E-state index contributed by atoms with van der Waals surface area (Å²) in [7, 11) is 0. The molecule has 0 N–H and O–H groups in total. The van der Waals surface area contributed by atoms with Gasteiger partial charge in [0.25, 0.3) is 0 Å². The molecular weight excluding hydrogens is 224 g/mol. The van der Waals surface area contributed by atoms with Crippen LogP contribution in [0.15, 0.2) is 48.5 Å². The third-order valence-electron chi connectivity index (χ3n) is 3.86. The Bertz CT molecular complexity index is 606. The number of benzene rings is 2. The number of para-hydroxylation sites is 1. The number of ether oxygens (including phenoxy) is 2. The van der Waals surface area contributed by atoms with Gasteiger partial charge in [-0.05, 0) is 18.1 Å². The largest absolute Gasteiger partial charge is 0.458 e. The second-order valence-corrected chi connectivity index (χ2v) is 4.91. The molecule has 90 valence electrons. The number of aryl methyl sites for hydroxylation is 1. The van der Waals surface area contributed by atoms with Crippen LogP contribution in [0.3, 0.4) is 0 Å². The van der Waals surface area contributed by atoms with Crippen molar-refractivity contribution in [1.29, 1.82) is 0 Å². The summed E-state index contributed by atoms with van der Waals surface area (Å²) in [5.74, 6) is 0.408. The number of rotatable bonds is 0. The van der Waals surface area contributed by atoms with Gasteiger partial charge in [-0.1, -0.05) is 42.5 Å². The minimum Gasteiger partial charge on any atom is -0.458 e. The molecule has 2 aromatic rings. The van der Waals surface area contributed by atoms with Crippen molar-refractivity contribution in [2.45, 2.75) is 25.2 Å². The summed E-state index contributed by atoms with van der Waals surface area (Å²) in [4.78, 5) is 0. The van der Waals surface area contributed by atoms with Crippen molar-refractivity contribution in [3.05, 3.63) is 65.2 Å². The Labute approximate surface area is 106 Å². The van der Waals surface area contributed by atoms with E-state index in [1.54, 1.807) is 0 Å². The average molecular weight is 238 g/mol. The van der Waals surface area contributed by atoms with Crippen LogP contribution in [0.25, 0.3) is 0 Å². The van der Waals surface area contributed by atoms with E-state index in [0.717, 1.165) is 24.2 Å². The molecule has 2 aliphatic rings. The molecule has 1 heterocycles. The highest BCUT2D eigenvalue weighted by Crippen LogP contribution is 2.45. The Balaban J connectivity index is 1.81. The van der Waals surface area contributed by atoms with Crippen LogP contribution < -0.4 is 4.74 Å². The van der Waals surface area contributed by atoms with E-state index in [9.17, 15) is 0 Å². The summed E-state index contributed by atoms with van der Waals surface area (Å²) in [6.07, 6.45) is 1.93. The molecule has 1 atom stereocenters. The van der Waals surface area contributed by atoms with Crippen molar-refractivity contribution in [2.75, 3.05) is 0 Å². The molecule has 0 fully saturated rings. The molecule has 2 aromatic carbocycles. The summed E-state index contributed by atoms with van der Waals surface area (Å²) in [6, 6.07) is 16.5. The lowest BCUT2D eigenvalue weighted by Gasteiger charge is -2.36. The first kappa shape index (κ1) is 10.2. The lowest BCUT2D eigenvalue weighted by Crippen LogP contribution is -2.37. The zero-order valence-corrected chi connectivity index (χ0v) is 10.1. The highest BCUT2D eigenvalue weighted by Gasteiger charge is 2.44. The summed E-state index contributed by atoms with van der Waals surface area (Å²) in [5, 5.41) is 0. The predicted molar refractivity (Wildman–Crippen MR) is 68.3 cm³/mol. The van der Waals surface area contributed by atoms with Gasteiger partial charge in [0.05, 0.1) is 6.61 Å². The lowest BCUT2D eigenvalue weighted by molar-refractivity contribution is -0.213. The maximum atomic E-state index is 6.18. The zero-order chi connectivity index (χ0) is 12.0. The van der Waals surface area contributed by atoms with Gasteiger partial charge in [-0.25, -0.2) is 0 Å². The molecule has 0 aromatic heterocycles. The van der Waals surface area contributed by atoms with Crippen molar-refractivity contribution in [3.63, 3.8) is 0 Å². The van der Waals surface area contributed by atoms with Crippen molar-refractivity contribution in [1.82, 2.24) is 0 Å². The Morgan fingerprint density at radius 1 is 0.889 bits per heavy atom. The molecule has 4 rings (SSSR count). The van der Waals surface area contributed by atoms with Gasteiger partial charge in [0, 0.05) is 17.5 Å². The fraction of sp³-hybridized carbons (Fsp3) is 0.250. The molecule has 2 heteroatoms. The van der Waals surface area contributed by atoms with E-state index in [4.69, 9.17) is 9.47 Å². The van der Waals surface area contributed by atoms with Crippen molar-refractivity contribution in [2.24, 2.45) is 0 Å². The summed E-state index contributed by atoms with van der Waals surface area (Å²) >= 11 is 0. The van der Waals surface area contributed by atoms with E-state index in [2.05, 4.69) is 30.3 Å². The van der Waals surface area contributed by atoms with Gasteiger partial charge in [0.1, 0.15) is 5.75 Å². The van der Waals surface area contributed by atoms with Gasteiger partial charge >= 0.3 is 0 Å². The predicted octanol–water partition coefficient (Wildman–Crippen LogP) is 3.39. The maximum Gasteiger partial charge on any atom is 0.238 e. The highest BCUT2D eigenvalue weighted by molar-refractivity contribution is 5.41. The first-order chi connectivity index (χ1) is 8.87. The van der Waals surface area contributed by atoms with Crippen LogP contribution in [-0.2, 0) is 23.6 Å². The SMILES string of the molecule is c1ccc2c(c1)COC1(CCc3ccccc31)O2. The van der Waals surface area contributed by atoms with Crippen LogP contribution >= 0.6 is 0 Å². The Morgan fingerprint density at radius 3 is 2.61 bits per heavy atom. The number of fused-ring (bicyclic) bond motifs is 3. The van der Waals surface area contributed by atoms with E-state index in [0.29, 0.717) is 6.61 Å². The molecule has 0 saturated carbocycles. The normalized spacial score (nSPS) is 24.4. The molecular formula is C16H14O2. The average Bonchev–Trinajstić information content (AvgIpc) is 2.78. The van der Waals surface area contributed by atoms with Crippen molar-refractivity contribution >= 4 is 0 Å². The first-order valence-corrected chi connectivity index (χ1v) is 6.37. The molecule has 0 amide bonds. The summed E-state index contributed by atoms with van der Waals surface area (Å²) in [5.41, 5.74) is 3.67. The number of hydrogen-bond acceptors (Lipinski definition) is 2. The van der Waals surface area contributed by atoms with Gasteiger partial charge in [-0.15, -0.1) is 0 Å². The van der Waals surface area contributed by atoms with Gasteiger partial charge < -0.3 is 9.47 Å². The fourth-order valence-electron chi connectivity index (χ4n) is 2.92.